The van der Waals surface area contributed by atoms with Crippen LogP contribution in [0, 0.1) is 11.7 Å². The molecule has 0 aromatic heterocycles. The van der Waals surface area contributed by atoms with Crippen LogP contribution in [0.3, 0.4) is 0 Å². The molecule has 3 aliphatic heterocycles. The van der Waals surface area contributed by atoms with Crippen LogP contribution in [0.15, 0.2) is 40.9 Å². The van der Waals surface area contributed by atoms with Gasteiger partial charge in [0.25, 0.3) is 0 Å². The minimum absolute atomic E-state index is 0. The maximum absolute atomic E-state index is 13.9. The summed E-state index contributed by atoms with van der Waals surface area (Å²) in [5.41, 5.74) is 1.67. The van der Waals surface area contributed by atoms with Gasteiger partial charge in [0, 0.05) is 24.7 Å². The van der Waals surface area contributed by atoms with Crippen LogP contribution in [-0.2, 0) is 13.2 Å². The zero-order valence-electron chi connectivity index (χ0n) is 17.6. The second kappa shape index (κ2) is 12.3. The molecule has 1 N–H and O–H groups in total. The maximum Gasteiger partial charge on any atom is 0.175 e. The summed E-state index contributed by atoms with van der Waals surface area (Å²) < 4.78 is 26.5. The number of benzene rings is 2. The minimum Gasteiger partial charge on any atom is -0.490 e. The van der Waals surface area contributed by atoms with E-state index < -0.39 is 0 Å². The molecule has 0 amide bonds. The smallest absolute Gasteiger partial charge is 0.175 e. The van der Waals surface area contributed by atoms with Crippen molar-refractivity contribution in [2.75, 3.05) is 26.2 Å². The molecule has 2 aromatic rings. The second-order valence-electron chi connectivity index (χ2n) is 7.84. The summed E-state index contributed by atoms with van der Waals surface area (Å²) in [6.45, 7) is 7.08. The Morgan fingerprint density at radius 3 is 2.52 bits per heavy atom. The molecule has 8 heteroatoms. The Balaban J connectivity index is 0.00000171. The van der Waals surface area contributed by atoms with Gasteiger partial charge in [-0.15, -0.1) is 24.8 Å². The summed E-state index contributed by atoms with van der Waals surface area (Å²) in [6.07, 6.45) is 2.60. The first-order valence-electron chi connectivity index (χ1n) is 10.4. The normalized spacial score (nSPS) is 21.7. The van der Waals surface area contributed by atoms with Crippen LogP contribution >= 0.6 is 40.7 Å². The summed E-state index contributed by atoms with van der Waals surface area (Å²) in [4.78, 5) is 2.55. The van der Waals surface area contributed by atoms with Gasteiger partial charge in [0.1, 0.15) is 12.4 Å². The number of rotatable bonds is 8. The van der Waals surface area contributed by atoms with Crippen LogP contribution in [0.25, 0.3) is 0 Å². The second-order valence-corrected chi connectivity index (χ2v) is 8.70. The molecular weight excluding hydrogens is 506 g/mol. The molecule has 3 heterocycles. The van der Waals surface area contributed by atoms with Gasteiger partial charge < -0.3 is 19.7 Å². The zero-order chi connectivity index (χ0) is 20.2. The van der Waals surface area contributed by atoms with Crippen LogP contribution in [-0.4, -0.2) is 37.2 Å². The summed E-state index contributed by atoms with van der Waals surface area (Å²) in [6, 6.07) is 11.3. The lowest BCUT2D eigenvalue weighted by Gasteiger charge is -2.45. The van der Waals surface area contributed by atoms with E-state index in [1.54, 1.807) is 12.1 Å². The summed E-state index contributed by atoms with van der Waals surface area (Å²) in [5.74, 6) is 1.82. The van der Waals surface area contributed by atoms with Crippen molar-refractivity contribution < 1.29 is 13.9 Å². The van der Waals surface area contributed by atoms with Crippen LogP contribution in [0.4, 0.5) is 4.39 Å². The highest BCUT2D eigenvalue weighted by atomic mass is 79.9. The van der Waals surface area contributed by atoms with E-state index in [-0.39, 0.29) is 37.2 Å². The van der Waals surface area contributed by atoms with Gasteiger partial charge in [0.2, 0.25) is 0 Å². The average molecular weight is 536 g/mol. The number of piperidine rings is 3. The molecule has 5 rings (SSSR count). The van der Waals surface area contributed by atoms with Gasteiger partial charge in [-0.2, -0.15) is 0 Å². The van der Waals surface area contributed by atoms with Crippen molar-refractivity contribution >= 4 is 40.7 Å². The van der Waals surface area contributed by atoms with Crippen molar-refractivity contribution in [2.45, 2.75) is 39.0 Å². The first kappa shape index (κ1) is 26.2. The lowest BCUT2D eigenvalue weighted by Crippen LogP contribution is -2.55. The zero-order valence-corrected chi connectivity index (χ0v) is 20.8. The lowest BCUT2D eigenvalue weighted by molar-refractivity contribution is 0.0720. The molecule has 4 nitrogen and oxygen atoms in total. The summed E-state index contributed by atoms with van der Waals surface area (Å²) >= 11 is 3.62. The molecule has 2 aromatic carbocycles. The Hall–Kier alpha value is -1.05. The molecule has 1 unspecified atom stereocenters. The van der Waals surface area contributed by atoms with E-state index in [1.807, 2.05) is 19.1 Å². The van der Waals surface area contributed by atoms with E-state index in [1.165, 1.54) is 32.0 Å². The number of halogens is 4. The van der Waals surface area contributed by atoms with Crippen LogP contribution in [0.5, 0.6) is 11.5 Å². The van der Waals surface area contributed by atoms with Gasteiger partial charge in [0.15, 0.2) is 11.5 Å². The third kappa shape index (κ3) is 6.48. The van der Waals surface area contributed by atoms with Gasteiger partial charge in [-0.25, -0.2) is 4.39 Å². The molecule has 172 valence electrons. The molecule has 3 aliphatic rings. The van der Waals surface area contributed by atoms with Gasteiger partial charge in [-0.3, -0.25) is 0 Å². The molecule has 2 bridgehead atoms. The highest BCUT2D eigenvalue weighted by Crippen LogP contribution is 2.38. The molecule has 31 heavy (non-hydrogen) atoms. The molecule has 0 radical (unpaired) electrons. The molecule has 3 fully saturated rings. The van der Waals surface area contributed by atoms with E-state index in [4.69, 9.17) is 9.47 Å². The molecule has 0 saturated carbocycles. The Morgan fingerprint density at radius 1 is 1.13 bits per heavy atom. The van der Waals surface area contributed by atoms with Gasteiger partial charge in [-0.1, -0.05) is 18.2 Å². The van der Waals surface area contributed by atoms with Gasteiger partial charge in [0.05, 0.1) is 11.1 Å². The van der Waals surface area contributed by atoms with Crippen molar-refractivity contribution in [3.8, 4) is 11.5 Å². The molecular formula is C23H30BrCl2FN2O2. The van der Waals surface area contributed by atoms with Crippen LogP contribution in [0.2, 0.25) is 0 Å². The Bertz CT molecular complexity index is 850. The van der Waals surface area contributed by atoms with E-state index in [0.717, 1.165) is 29.0 Å². The maximum atomic E-state index is 13.9. The number of nitrogens with one attached hydrogen (secondary N) is 1. The Morgan fingerprint density at radius 2 is 1.87 bits per heavy atom. The third-order valence-electron chi connectivity index (χ3n) is 5.92. The minimum atomic E-state index is -0.264. The number of fused-ring (bicyclic) bond motifs is 3. The average Bonchev–Trinajstić information content (AvgIpc) is 2.74. The first-order chi connectivity index (χ1) is 14.1. The highest BCUT2D eigenvalue weighted by molar-refractivity contribution is 9.10. The number of hydrogen-bond donors (Lipinski definition) is 1. The summed E-state index contributed by atoms with van der Waals surface area (Å²) in [5, 5.41) is 3.74. The molecule has 0 spiro atoms. The number of nitrogens with zero attached hydrogens (tertiary/aromatic N) is 1. The first-order valence-corrected chi connectivity index (χ1v) is 11.2. The molecule has 0 aliphatic carbocycles. The Kier molecular flexibility index (Phi) is 10.4. The lowest BCUT2D eigenvalue weighted by atomic mass is 9.84. The summed E-state index contributed by atoms with van der Waals surface area (Å²) in [7, 11) is 0. The predicted octanol–water partition coefficient (Wildman–Crippen LogP) is 5.59. The van der Waals surface area contributed by atoms with Crippen LogP contribution in [0.1, 0.15) is 30.9 Å². The van der Waals surface area contributed by atoms with Crippen molar-refractivity contribution in [1.82, 2.24) is 10.2 Å². The van der Waals surface area contributed by atoms with E-state index in [0.29, 0.717) is 29.7 Å². The molecule has 1 atom stereocenters. The standard InChI is InChI=1S/C23H28BrFN2O2.2ClH/c1-2-28-22-12-16(13-26-21-14-27-9-7-17(21)8-10-27)11-19(24)23(22)29-15-18-5-3-4-6-20(18)25;;/h3-6,11-12,17,21,26H,2,7-10,13-15H2,1H3;2*1H. The fourth-order valence-electron chi connectivity index (χ4n) is 4.34. The van der Waals surface area contributed by atoms with Crippen molar-refractivity contribution in [2.24, 2.45) is 5.92 Å². The van der Waals surface area contributed by atoms with Gasteiger partial charge >= 0.3 is 0 Å². The SMILES string of the molecule is CCOc1cc(CNC2CN3CCC2CC3)cc(Br)c1OCc1ccccc1F.Cl.Cl. The van der Waals surface area contributed by atoms with Gasteiger partial charge in [-0.05, 0) is 78.5 Å². The fraction of sp³-hybridized carbons (Fsp3) is 0.478. The fourth-order valence-corrected chi connectivity index (χ4v) is 4.94. The monoisotopic (exact) mass is 534 g/mol. The van der Waals surface area contributed by atoms with E-state index in [9.17, 15) is 4.39 Å². The Labute approximate surface area is 204 Å². The quantitative estimate of drug-likeness (QED) is 0.477. The number of hydrogen-bond acceptors (Lipinski definition) is 4. The predicted molar refractivity (Wildman–Crippen MR) is 130 cm³/mol. The molecule has 3 saturated heterocycles. The third-order valence-corrected chi connectivity index (χ3v) is 6.51. The highest BCUT2D eigenvalue weighted by Gasteiger charge is 2.33. The van der Waals surface area contributed by atoms with E-state index >= 15 is 0 Å². The van der Waals surface area contributed by atoms with Crippen molar-refractivity contribution in [3.63, 3.8) is 0 Å². The van der Waals surface area contributed by atoms with Crippen LogP contribution < -0.4 is 14.8 Å². The topological polar surface area (TPSA) is 33.7 Å². The largest absolute Gasteiger partial charge is 0.490 e. The number of ether oxygens (including phenoxy) is 2. The van der Waals surface area contributed by atoms with Crippen molar-refractivity contribution in [3.05, 3.63) is 57.8 Å². The van der Waals surface area contributed by atoms with Crippen molar-refractivity contribution in [1.29, 1.82) is 0 Å². The van der Waals surface area contributed by atoms with E-state index in [2.05, 4.69) is 32.2 Å².